The van der Waals surface area contributed by atoms with Crippen LogP contribution < -0.4 is 5.73 Å². The summed E-state index contributed by atoms with van der Waals surface area (Å²) in [4.78, 5) is 13.8. The van der Waals surface area contributed by atoms with Crippen molar-refractivity contribution < 1.29 is 9.90 Å². The fourth-order valence-electron chi connectivity index (χ4n) is 1.77. The zero-order valence-electron chi connectivity index (χ0n) is 9.10. The average Bonchev–Trinajstić information content (AvgIpc) is 2.71. The molecule has 2 aromatic rings. The van der Waals surface area contributed by atoms with E-state index in [2.05, 4.69) is 10.9 Å². The normalized spacial score (nSPS) is 12.2. The van der Waals surface area contributed by atoms with E-state index in [-0.39, 0.29) is 0 Å². The molecule has 1 aromatic carbocycles. The van der Waals surface area contributed by atoms with Crippen LogP contribution in [0.1, 0.15) is 11.1 Å². The Morgan fingerprint density at radius 1 is 1.59 bits per heavy atom. The van der Waals surface area contributed by atoms with Crippen molar-refractivity contribution in [3.8, 4) is 12.3 Å². The van der Waals surface area contributed by atoms with E-state index in [4.69, 9.17) is 17.3 Å². The highest BCUT2D eigenvalue weighted by Crippen LogP contribution is 2.20. The Hall–Kier alpha value is -2.25. The topological polar surface area (TPSA) is 79.1 Å². The third kappa shape index (κ3) is 2.14. The first kappa shape index (κ1) is 11.2. The van der Waals surface area contributed by atoms with Gasteiger partial charge in [-0.3, -0.25) is 4.79 Å². The molecule has 0 unspecified atom stereocenters. The molecule has 0 aliphatic rings. The van der Waals surface area contributed by atoms with Gasteiger partial charge in [-0.2, -0.15) is 0 Å². The maximum Gasteiger partial charge on any atom is 0.320 e. The minimum atomic E-state index is -1.00. The Morgan fingerprint density at radius 2 is 2.35 bits per heavy atom. The molecule has 0 spiro atoms. The number of nitrogens with one attached hydrogen (secondary N) is 1. The molecule has 0 aliphatic heterocycles. The largest absolute Gasteiger partial charge is 0.480 e. The molecular formula is C13H12N2O2. The van der Waals surface area contributed by atoms with Crippen molar-refractivity contribution in [2.75, 3.05) is 0 Å². The van der Waals surface area contributed by atoms with E-state index >= 15 is 0 Å². The van der Waals surface area contributed by atoms with Gasteiger partial charge in [0.2, 0.25) is 0 Å². The van der Waals surface area contributed by atoms with Crippen LogP contribution in [0.15, 0.2) is 24.4 Å². The Morgan fingerprint density at radius 3 is 3.00 bits per heavy atom. The van der Waals surface area contributed by atoms with Gasteiger partial charge in [0.15, 0.2) is 0 Å². The molecule has 17 heavy (non-hydrogen) atoms. The number of aromatic amines is 1. The lowest BCUT2D eigenvalue weighted by atomic mass is 10.0. The van der Waals surface area contributed by atoms with Crippen molar-refractivity contribution in [1.82, 2.24) is 4.98 Å². The number of aromatic nitrogens is 1. The van der Waals surface area contributed by atoms with Crippen molar-refractivity contribution in [1.29, 1.82) is 0 Å². The van der Waals surface area contributed by atoms with Gasteiger partial charge in [0.05, 0.1) is 0 Å². The number of benzene rings is 1. The van der Waals surface area contributed by atoms with Crippen LogP contribution in [0.3, 0.4) is 0 Å². The molecule has 0 saturated carbocycles. The highest BCUT2D eigenvalue weighted by atomic mass is 16.4. The molecule has 0 aliphatic carbocycles. The molecule has 4 nitrogen and oxygen atoms in total. The molecule has 0 amide bonds. The molecule has 0 saturated heterocycles. The van der Waals surface area contributed by atoms with Gasteiger partial charge in [0, 0.05) is 29.1 Å². The number of carbonyl (C=O) groups is 1. The first-order chi connectivity index (χ1) is 8.11. The maximum absolute atomic E-state index is 10.7. The van der Waals surface area contributed by atoms with Gasteiger partial charge in [-0.1, -0.05) is 12.0 Å². The van der Waals surface area contributed by atoms with E-state index < -0.39 is 12.0 Å². The summed E-state index contributed by atoms with van der Waals surface area (Å²) in [6.45, 7) is 0. The Labute approximate surface area is 98.4 Å². The van der Waals surface area contributed by atoms with Crippen LogP contribution in [0, 0.1) is 12.3 Å². The highest BCUT2D eigenvalue weighted by molar-refractivity contribution is 5.85. The smallest absolute Gasteiger partial charge is 0.320 e. The summed E-state index contributed by atoms with van der Waals surface area (Å²) in [7, 11) is 0. The molecule has 0 fully saturated rings. The number of H-pyrrole nitrogens is 1. The first-order valence-corrected chi connectivity index (χ1v) is 5.17. The van der Waals surface area contributed by atoms with Crippen LogP contribution in [0.5, 0.6) is 0 Å². The number of fused-ring (bicyclic) bond motifs is 1. The molecule has 86 valence electrons. The number of hydrogen-bond donors (Lipinski definition) is 3. The average molecular weight is 228 g/mol. The first-order valence-electron chi connectivity index (χ1n) is 5.17. The van der Waals surface area contributed by atoms with Gasteiger partial charge in [-0.05, 0) is 17.7 Å². The fourth-order valence-corrected chi connectivity index (χ4v) is 1.77. The van der Waals surface area contributed by atoms with Crippen LogP contribution in [-0.2, 0) is 11.2 Å². The predicted octanol–water partition coefficient (Wildman–Crippen LogP) is 1.10. The molecule has 1 atom stereocenters. The van der Waals surface area contributed by atoms with Crippen molar-refractivity contribution in [3.05, 3.63) is 35.5 Å². The van der Waals surface area contributed by atoms with Crippen LogP contribution in [0.4, 0.5) is 0 Å². The van der Waals surface area contributed by atoms with Crippen LogP contribution in [-0.4, -0.2) is 22.1 Å². The SMILES string of the molecule is C#Cc1ccc2c(C[C@@H](N)C(=O)O)c[nH]c2c1. The number of carboxylic acid groups (broad SMARTS) is 1. The van der Waals surface area contributed by atoms with Crippen LogP contribution in [0.25, 0.3) is 10.9 Å². The van der Waals surface area contributed by atoms with Gasteiger partial charge < -0.3 is 15.8 Å². The molecule has 2 rings (SSSR count). The number of rotatable bonds is 3. The second-order valence-electron chi connectivity index (χ2n) is 3.87. The van der Waals surface area contributed by atoms with E-state index in [1.54, 1.807) is 6.20 Å². The highest BCUT2D eigenvalue weighted by Gasteiger charge is 2.14. The predicted molar refractivity (Wildman–Crippen MR) is 65.5 cm³/mol. The lowest BCUT2D eigenvalue weighted by Gasteiger charge is -2.04. The van der Waals surface area contributed by atoms with Gasteiger partial charge in [-0.25, -0.2) is 0 Å². The lowest BCUT2D eigenvalue weighted by molar-refractivity contribution is -0.138. The van der Waals surface area contributed by atoms with Gasteiger partial charge in [0.25, 0.3) is 0 Å². The van der Waals surface area contributed by atoms with Gasteiger partial charge >= 0.3 is 5.97 Å². The minimum absolute atomic E-state index is 0.296. The van der Waals surface area contributed by atoms with Gasteiger partial charge in [-0.15, -0.1) is 6.42 Å². The summed E-state index contributed by atoms with van der Waals surface area (Å²) < 4.78 is 0. The standard InChI is InChI=1S/C13H12N2O2/c1-2-8-3-4-10-9(6-11(14)13(16)17)7-15-12(10)5-8/h1,3-5,7,11,15H,6,14H2,(H,16,17)/t11-/m1/s1. The van der Waals surface area contributed by atoms with Crippen molar-refractivity contribution >= 4 is 16.9 Å². The van der Waals surface area contributed by atoms with E-state index in [1.165, 1.54) is 0 Å². The molecule has 1 heterocycles. The molecule has 0 radical (unpaired) electrons. The molecule has 0 bridgehead atoms. The number of aliphatic carboxylic acids is 1. The second-order valence-corrected chi connectivity index (χ2v) is 3.87. The van der Waals surface area contributed by atoms with Crippen molar-refractivity contribution in [2.45, 2.75) is 12.5 Å². The third-order valence-corrected chi connectivity index (χ3v) is 2.69. The van der Waals surface area contributed by atoms with Gasteiger partial charge in [0.1, 0.15) is 6.04 Å². The van der Waals surface area contributed by atoms with Crippen LogP contribution >= 0.6 is 0 Å². The Balaban J connectivity index is 2.37. The molecule has 4 heteroatoms. The summed E-state index contributed by atoms with van der Waals surface area (Å²) in [5.74, 6) is 1.55. The Bertz CT molecular complexity index is 607. The number of hydrogen-bond acceptors (Lipinski definition) is 2. The lowest BCUT2D eigenvalue weighted by Crippen LogP contribution is -2.32. The number of nitrogens with two attached hydrogens (primary N) is 1. The van der Waals surface area contributed by atoms with E-state index in [0.29, 0.717) is 6.42 Å². The summed E-state index contributed by atoms with van der Waals surface area (Å²) in [6.07, 6.45) is 7.37. The van der Waals surface area contributed by atoms with Crippen molar-refractivity contribution in [3.63, 3.8) is 0 Å². The quantitative estimate of drug-likeness (QED) is 0.688. The molecular weight excluding hydrogens is 216 g/mol. The number of carboxylic acids is 1. The minimum Gasteiger partial charge on any atom is -0.480 e. The van der Waals surface area contributed by atoms with Crippen LogP contribution in [0.2, 0.25) is 0 Å². The summed E-state index contributed by atoms with van der Waals surface area (Å²) in [5, 5.41) is 9.73. The molecule has 4 N–H and O–H groups in total. The zero-order chi connectivity index (χ0) is 12.4. The number of terminal acetylenes is 1. The fraction of sp³-hybridized carbons (Fsp3) is 0.154. The Kier molecular flexibility index (Phi) is 2.86. The second kappa shape index (κ2) is 4.32. The van der Waals surface area contributed by atoms with Crippen molar-refractivity contribution in [2.24, 2.45) is 5.73 Å². The summed E-state index contributed by atoms with van der Waals surface area (Å²) in [6, 6.07) is 4.67. The van der Waals surface area contributed by atoms with E-state index in [0.717, 1.165) is 22.0 Å². The third-order valence-electron chi connectivity index (χ3n) is 2.69. The summed E-state index contributed by atoms with van der Waals surface area (Å²) in [5.41, 5.74) is 8.08. The van der Waals surface area contributed by atoms with E-state index in [9.17, 15) is 4.79 Å². The summed E-state index contributed by atoms with van der Waals surface area (Å²) >= 11 is 0. The zero-order valence-corrected chi connectivity index (χ0v) is 9.10. The van der Waals surface area contributed by atoms with E-state index in [1.807, 2.05) is 18.2 Å². The molecule has 1 aromatic heterocycles. The maximum atomic E-state index is 10.7. The monoisotopic (exact) mass is 228 g/mol.